The normalized spacial score (nSPS) is 19.4. The lowest BCUT2D eigenvalue weighted by molar-refractivity contribution is -0.134. The number of carbonyl (C=O) groups excluding carboxylic acids is 1. The van der Waals surface area contributed by atoms with Crippen LogP contribution in [-0.4, -0.2) is 27.0 Å². The highest BCUT2D eigenvalue weighted by Gasteiger charge is 2.39. The quantitative estimate of drug-likeness (QED) is 0.781. The number of hydrogen-bond donors (Lipinski definition) is 0. The molecule has 0 spiro atoms. The van der Waals surface area contributed by atoms with E-state index in [1.165, 1.54) is 11.1 Å². The maximum absolute atomic E-state index is 13.1. The third kappa shape index (κ3) is 3.53. The van der Waals surface area contributed by atoms with Gasteiger partial charge in [-0.05, 0) is 43.2 Å². The first-order chi connectivity index (χ1) is 12.6. The third-order valence-corrected chi connectivity index (χ3v) is 5.45. The lowest BCUT2D eigenvalue weighted by Gasteiger charge is -2.36. The van der Waals surface area contributed by atoms with Crippen molar-refractivity contribution in [2.75, 3.05) is 0 Å². The van der Waals surface area contributed by atoms with Crippen molar-refractivity contribution in [2.45, 2.75) is 76.8 Å². The molecule has 0 radical (unpaired) electrons. The molecule has 1 saturated carbocycles. The Balaban J connectivity index is 1.47. The number of aromatic nitrogens is 2. The van der Waals surface area contributed by atoms with Gasteiger partial charge in [-0.25, -0.2) is 0 Å². The smallest absolute Gasteiger partial charge is 0.227 e. The first kappa shape index (κ1) is 17.3. The van der Waals surface area contributed by atoms with Crippen LogP contribution in [-0.2, 0) is 17.6 Å². The first-order valence-electron chi connectivity index (χ1n) is 9.85. The van der Waals surface area contributed by atoms with Crippen LogP contribution in [0.15, 0.2) is 28.8 Å². The minimum absolute atomic E-state index is 0.221. The van der Waals surface area contributed by atoms with Gasteiger partial charge in [-0.2, -0.15) is 4.98 Å². The minimum Gasteiger partial charge on any atom is -0.339 e. The van der Waals surface area contributed by atoms with Crippen LogP contribution in [0.25, 0.3) is 0 Å². The molecule has 1 amide bonds. The number of aryl methyl sites for hydroxylation is 2. The van der Waals surface area contributed by atoms with Gasteiger partial charge in [0.15, 0.2) is 5.82 Å². The van der Waals surface area contributed by atoms with E-state index in [1.807, 2.05) is 13.8 Å². The summed E-state index contributed by atoms with van der Waals surface area (Å²) in [7, 11) is 0. The SMILES string of the molecule is CC(C)c1noc(CCC(=O)N(C2CC2)[C@H]2CCCc3ccccc32)n1. The summed E-state index contributed by atoms with van der Waals surface area (Å²) in [5, 5.41) is 3.99. The second kappa shape index (κ2) is 7.22. The molecular weight excluding hydrogens is 326 g/mol. The summed E-state index contributed by atoms with van der Waals surface area (Å²) in [6, 6.07) is 9.25. The van der Waals surface area contributed by atoms with Gasteiger partial charge in [0.1, 0.15) is 0 Å². The van der Waals surface area contributed by atoms with E-state index in [-0.39, 0.29) is 17.9 Å². The van der Waals surface area contributed by atoms with Crippen LogP contribution in [0.2, 0.25) is 0 Å². The van der Waals surface area contributed by atoms with Crippen LogP contribution in [0.5, 0.6) is 0 Å². The van der Waals surface area contributed by atoms with E-state index < -0.39 is 0 Å². The molecule has 0 bridgehead atoms. The van der Waals surface area contributed by atoms with Crippen LogP contribution < -0.4 is 0 Å². The van der Waals surface area contributed by atoms with Crippen LogP contribution in [0.1, 0.15) is 80.8 Å². The molecule has 1 aromatic carbocycles. The zero-order valence-corrected chi connectivity index (χ0v) is 15.6. The fourth-order valence-electron chi connectivity index (χ4n) is 3.95. The molecule has 1 heterocycles. The fraction of sp³-hybridized carbons (Fsp3) is 0.571. The summed E-state index contributed by atoms with van der Waals surface area (Å²) in [5.41, 5.74) is 2.75. The molecule has 5 nitrogen and oxygen atoms in total. The van der Waals surface area contributed by atoms with Gasteiger partial charge in [0.25, 0.3) is 0 Å². The van der Waals surface area contributed by atoms with Crippen molar-refractivity contribution < 1.29 is 9.32 Å². The van der Waals surface area contributed by atoms with Crippen LogP contribution in [0.3, 0.4) is 0 Å². The van der Waals surface area contributed by atoms with Gasteiger partial charge in [0.05, 0.1) is 6.04 Å². The number of rotatable bonds is 6. The Morgan fingerprint density at radius 2 is 2.08 bits per heavy atom. The number of amides is 1. The zero-order valence-electron chi connectivity index (χ0n) is 15.6. The van der Waals surface area contributed by atoms with Gasteiger partial charge in [-0.1, -0.05) is 43.3 Å². The van der Waals surface area contributed by atoms with Crippen molar-refractivity contribution in [3.8, 4) is 0 Å². The largest absolute Gasteiger partial charge is 0.339 e. The van der Waals surface area contributed by atoms with Gasteiger partial charge in [-0.3, -0.25) is 4.79 Å². The molecule has 138 valence electrons. The second-order valence-corrected chi connectivity index (χ2v) is 7.84. The van der Waals surface area contributed by atoms with Gasteiger partial charge in [-0.15, -0.1) is 0 Å². The molecule has 5 heteroatoms. The molecular formula is C21H27N3O2. The van der Waals surface area contributed by atoms with Crippen LogP contribution >= 0.6 is 0 Å². The van der Waals surface area contributed by atoms with E-state index in [9.17, 15) is 4.79 Å². The molecule has 1 atom stereocenters. The monoisotopic (exact) mass is 353 g/mol. The highest BCUT2D eigenvalue weighted by Crippen LogP contribution is 2.41. The maximum atomic E-state index is 13.1. The molecule has 2 aliphatic rings. The fourth-order valence-corrected chi connectivity index (χ4v) is 3.95. The predicted octanol–water partition coefficient (Wildman–Crippen LogP) is 4.19. The van der Waals surface area contributed by atoms with Gasteiger partial charge < -0.3 is 9.42 Å². The number of fused-ring (bicyclic) bond motifs is 1. The summed E-state index contributed by atoms with van der Waals surface area (Å²) in [4.78, 5) is 19.6. The lowest BCUT2D eigenvalue weighted by atomic mass is 9.86. The molecule has 0 unspecified atom stereocenters. The van der Waals surface area contributed by atoms with Crippen molar-refractivity contribution >= 4 is 5.91 Å². The number of nitrogens with zero attached hydrogens (tertiary/aromatic N) is 3. The molecule has 26 heavy (non-hydrogen) atoms. The molecule has 0 saturated heterocycles. The minimum atomic E-state index is 0.221. The van der Waals surface area contributed by atoms with E-state index >= 15 is 0 Å². The van der Waals surface area contributed by atoms with Crippen LogP contribution in [0, 0.1) is 0 Å². The first-order valence-corrected chi connectivity index (χ1v) is 9.85. The van der Waals surface area contributed by atoms with Crippen molar-refractivity contribution in [1.82, 2.24) is 15.0 Å². The van der Waals surface area contributed by atoms with E-state index in [2.05, 4.69) is 39.3 Å². The summed E-state index contributed by atoms with van der Waals surface area (Å²) < 4.78 is 5.30. The summed E-state index contributed by atoms with van der Waals surface area (Å²) >= 11 is 0. The van der Waals surface area contributed by atoms with Gasteiger partial charge in [0, 0.05) is 24.8 Å². The average molecular weight is 353 g/mol. The van der Waals surface area contributed by atoms with Gasteiger partial charge >= 0.3 is 0 Å². The molecule has 0 N–H and O–H groups in total. The molecule has 1 aromatic heterocycles. The summed E-state index contributed by atoms with van der Waals surface area (Å²) in [6.45, 7) is 4.07. The lowest BCUT2D eigenvalue weighted by Crippen LogP contribution is -2.38. The zero-order chi connectivity index (χ0) is 18.1. The number of benzene rings is 1. The predicted molar refractivity (Wildman–Crippen MR) is 98.7 cm³/mol. The maximum Gasteiger partial charge on any atom is 0.227 e. The van der Waals surface area contributed by atoms with E-state index in [0.29, 0.717) is 30.6 Å². The highest BCUT2D eigenvalue weighted by molar-refractivity contribution is 5.77. The Labute approximate surface area is 154 Å². The van der Waals surface area contributed by atoms with Crippen LogP contribution in [0.4, 0.5) is 0 Å². The van der Waals surface area contributed by atoms with Crippen molar-refractivity contribution in [2.24, 2.45) is 0 Å². The topological polar surface area (TPSA) is 59.2 Å². The Bertz CT molecular complexity index is 779. The van der Waals surface area contributed by atoms with E-state index in [1.54, 1.807) is 0 Å². The molecule has 2 aliphatic carbocycles. The van der Waals surface area contributed by atoms with E-state index in [0.717, 1.165) is 32.1 Å². The standard InChI is InChI=1S/C21H27N3O2/c1-14(2)21-22-19(26-23-21)12-13-20(25)24(16-10-11-16)18-9-5-7-15-6-3-4-8-17(15)18/h3-4,6,8,14,16,18H,5,7,9-13H2,1-2H3/t18-/m0/s1. The van der Waals surface area contributed by atoms with Crippen molar-refractivity contribution in [3.05, 3.63) is 47.1 Å². The van der Waals surface area contributed by atoms with Crippen molar-refractivity contribution in [3.63, 3.8) is 0 Å². The van der Waals surface area contributed by atoms with E-state index in [4.69, 9.17) is 4.52 Å². The number of carbonyl (C=O) groups is 1. The molecule has 2 aromatic rings. The Morgan fingerprint density at radius 1 is 1.27 bits per heavy atom. The Hall–Kier alpha value is -2.17. The number of hydrogen-bond acceptors (Lipinski definition) is 4. The average Bonchev–Trinajstić information content (AvgIpc) is 3.36. The van der Waals surface area contributed by atoms with Gasteiger partial charge in [0.2, 0.25) is 11.8 Å². The summed E-state index contributed by atoms with van der Waals surface area (Å²) in [6.07, 6.45) is 6.56. The Kier molecular flexibility index (Phi) is 4.79. The summed E-state index contributed by atoms with van der Waals surface area (Å²) in [5.74, 6) is 1.75. The molecule has 4 rings (SSSR count). The van der Waals surface area contributed by atoms with Crippen molar-refractivity contribution in [1.29, 1.82) is 0 Å². The second-order valence-electron chi connectivity index (χ2n) is 7.84. The highest BCUT2D eigenvalue weighted by atomic mass is 16.5. The molecule has 0 aliphatic heterocycles. The third-order valence-electron chi connectivity index (χ3n) is 5.45. The Morgan fingerprint density at radius 3 is 2.81 bits per heavy atom. The molecule has 1 fully saturated rings.